The summed E-state index contributed by atoms with van der Waals surface area (Å²) in [5, 5.41) is 10.8. The Kier molecular flexibility index (Phi) is 7.73. The summed E-state index contributed by atoms with van der Waals surface area (Å²) in [6, 6.07) is 10.4. The zero-order valence-corrected chi connectivity index (χ0v) is 21.2. The molecule has 6 nitrogen and oxygen atoms in total. The molecule has 4 rings (SSSR count). The van der Waals surface area contributed by atoms with Crippen LogP contribution in [0.3, 0.4) is 0 Å². The summed E-state index contributed by atoms with van der Waals surface area (Å²) in [7, 11) is 0. The zero-order valence-electron chi connectivity index (χ0n) is 19.0. The molecular formula is C26H22F2IN3O3. The predicted octanol–water partition coefficient (Wildman–Crippen LogP) is 6.17. The van der Waals surface area contributed by atoms with Gasteiger partial charge in [-0.1, -0.05) is 0 Å². The molecule has 0 saturated carbocycles. The first kappa shape index (κ1) is 24.8. The van der Waals surface area contributed by atoms with Gasteiger partial charge in [-0.25, -0.2) is 9.97 Å². The van der Waals surface area contributed by atoms with Gasteiger partial charge in [0.25, 0.3) is 0 Å². The molecule has 35 heavy (non-hydrogen) atoms. The number of ketones is 1. The Bertz CT molecular complexity index is 1410. The molecule has 0 fully saturated rings. The van der Waals surface area contributed by atoms with Crippen molar-refractivity contribution in [3.63, 3.8) is 0 Å². The molecule has 2 heterocycles. The summed E-state index contributed by atoms with van der Waals surface area (Å²) in [6.07, 6.45) is 8.91. The topological polar surface area (TPSA) is 77.2 Å². The molecule has 2 aromatic carbocycles. The minimum absolute atomic E-state index is 0.107. The van der Waals surface area contributed by atoms with E-state index in [0.29, 0.717) is 11.3 Å². The molecule has 0 aliphatic carbocycles. The summed E-state index contributed by atoms with van der Waals surface area (Å²) in [4.78, 5) is 21.6. The number of ether oxygens (including phenoxy) is 1. The van der Waals surface area contributed by atoms with Crippen LogP contribution in [0.1, 0.15) is 41.4 Å². The molecule has 0 aliphatic heterocycles. The zero-order chi connectivity index (χ0) is 24.9. The molecule has 4 aromatic rings. The molecule has 0 aliphatic rings. The van der Waals surface area contributed by atoms with Crippen LogP contribution >= 0.6 is 21.0 Å². The fourth-order valence-corrected chi connectivity index (χ4v) is 4.16. The molecule has 180 valence electrons. The number of hydrogen-bond acceptors (Lipinski definition) is 5. The number of carbonyl (C=O) groups is 1. The molecule has 0 radical (unpaired) electrons. The van der Waals surface area contributed by atoms with E-state index in [2.05, 4.69) is 28.4 Å². The normalized spacial score (nSPS) is 11.3. The summed E-state index contributed by atoms with van der Waals surface area (Å²) < 4.78 is 33.4. The fraction of sp³-hybridized carbons (Fsp3) is 0.192. The van der Waals surface area contributed by atoms with Gasteiger partial charge in [-0.05, 0) is 13.8 Å². The number of aromatic nitrogens is 3. The van der Waals surface area contributed by atoms with E-state index in [4.69, 9.17) is 4.74 Å². The van der Waals surface area contributed by atoms with E-state index in [1.807, 2.05) is 24.4 Å². The Morgan fingerprint density at radius 3 is 2.51 bits per heavy atom. The van der Waals surface area contributed by atoms with E-state index >= 15 is 0 Å². The van der Waals surface area contributed by atoms with E-state index in [1.54, 1.807) is 40.6 Å². The maximum atomic E-state index is 13.3. The van der Waals surface area contributed by atoms with Crippen molar-refractivity contribution >= 4 is 37.7 Å². The van der Waals surface area contributed by atoms with Crippen LogP contribution < -0.4 is 4.74 Å². The quantitative estimate of drug-likeness (QED) is 0.159. The van der Waals surface area contributed by atoms with E-state index < -0.39 is 21.0 Å². The van der Waals surface area contributed by atoms with E-state index in [0.717, 1.165) is 33.2 Å². The summed E-state index contributed by atoms with van der Waals surface area (Å²) in [5.74, 6) is 0.228. The third-order valence-corrected chi connectivity index (χ3v) is 6.12. The van der Waals surface area contributed by atoms with Crippen molar-refractivity contribution in [1.29, 1.82) is 0 Å². The third-order valence-electron chi connectivity index (χ3n) is 5.50. The monoisotopic (exact) mass is 589 g/mol. The number of halogens is 3. The van der Waals surface area contributed by atoms with Gasteiger partial charge in [0.1, 0.15) is 6.33 Å². The number of carbonyl (C=O) groups excluding carboxylic acids is 1. The predicted molar refractivity (Wildman–Crippen MR) is 138 cm³/mol. The molecule has 9 heteroatoms. The van der Waals surface area contributed by atoms with Crippen LogP contribution in [0.2, 0.25) is 0 Å². The van der Waals surface area contributed by atoms with Crippen LogP contribution in [0.4, 0.5) is 5.72 Å². The second-order valence-electron chi connectivity index (χ2n) is 8.10. The van der Waals surface area contributed by atoms with Crippen molar-refractivity contribution < 1.29 is 20.4 Å². The average Bonchev–Trinajstić information content (AvgIpc) is 3.24. The maximum absolute atomic E-state index is 13.3. The van der Waals surface area contributed by atoms with Gasteiger partial charge in [-0.15, -0.1) is 0 Å². The van der Waals surface area contributed by atoms with Gasteiger partial charge >= 0.3 is 123 Å². The van der Waals surface area contributed by atoms with E-state index in [9.17, 15) is 15.6 Å². The number of aliphatic hydroxyl groups is 1. The van der Waals surface area contributed by atoms with Crippen molar-refractivity contribution in [1.82, 2.24) is 14.5 Å². The van der Waals surface area contributed by atoms with Crippen LogP contribution in [0, 0.1) is 10.0 Å². The first-order valence-electron chi connectivity index (χ1n) is 10.7. The van der Waals surface area contributed by atoms with Crippen molar-refractivity contribution in [2.75, 3.05) is 0 Å². The molecule has 0 unspecified atom stereocenters. The van der Waals surface area contributed by atoms with E-state index in [-0.39, 0.29) is 24.9 Å². The van der Waals surface area contributed by atoms with Gasteiger partial charge in [-0.2, -0.15) is 0 Å². The number of fused-ring (bicyclic) bond motifs is 1. The van der Waals surface area contributed by atoms with Crippen molar-refractivity contribution in [3.8, 4) is 26.9 Å². The van der Waals surface area contributed by atoms with Crippen LogP contribution in [0.15, 0.2) is 61.3 Å². The number of rotatable bonds is 7. The minimum Gasteiger partial charge on any atom is -0.244 e. The summed E-state index contributed by atoms with van der Waals surface area (Å²) >= 11 is -4.14. The first-order chi connectivity index (χ1) is 16.9. The number of Topliss-reactive ketones (excluding diaryl/α,β-unsaturated/α-hetero) is 1. The number of aliphatic hydroxyl groups excluding tert-OH is 1. The van der Waals surface area contributed by atoms with Crippen molar-refractivity contribution in [3.05, 3.63) is 78.0 Å². The van der Waals surface area contributed by atoms with Crippen molar-refractivity contribution in [2.24, 2.45) is 0 Å². The second-order valence-corrected chi connectivity index (χ2v) is 9.76. The molecular weight excluding hydrogens is 567 g/mol. The second kappa shape index (κ2) is 10.9. The molecule has 1 N–H and O–H groups in total. The Morgan fingerprint density at radius 1 is 1.17 bits per heavy atom. The van der Waals surface area contributed by atoms with Gasteiger partial charge in [0.05, 0.1) is 12.1 Å². The Balaban J connectivity index is 1.70. The molecule has 0 spiro atoms. The molecule has 2 aromatic heterocycles. The van der Waals surface area contributed by atoms with Gasteiger partial charge in [0.15, 0.2) is 0 Å². The van der Waals surface area contributed by atoms with Crippen LogP contribution in [-0.4, -0.2) is 25.4 Å². The van der Waals surface area contributed by atoms with Crippen molar-refractivity contribution in [2.45, 2.75) is 32.9 Å². The molecule has 0 atom stereocenters. The van der Waals surface area contributed by atoms with Crippen LogP contribution in [0.5, 0.6) is 5.75 Å². The number of benzene rings is 2. The van der Waals surface area contributed by atoms with Crippen LogP contribution in [-0.2, 0) is 13.0 Å². The van der Waals surface area contributed by atoms with Gasteiger partial charge in [0, 0.05) is 35.8 Å². The number of nitrogens with zero attached hydrogens (tertiary/aromatic N) is 3. The summed E-state index contributed by atoms with van der Waals surface area (Å²) in [5.41, 5.74) is 4.46. The van der Waals surface area contributed by atoms with E-state index in [1.165, 1.54) is 6.33 Å². The molecule has 0 saturated heterocycles. The number of hydrogen-bond donors (Lipinski definition) is 1. The first-order valence-corrected chi connectivity index (χ1v) is 13.4. The fourth-order valence-electron chi connectivity index (χ4n) is 3.88. The van der Waals surface area contributed by atoms with Gasteiger partial charge in [0.2, 0.25) is 0 Å². The van der Waals surface area contributed by atoms with Gasteiger partial charge in [-0.3, -0.25) is 0 Å². The Hall–Kier alpha value is -3.36. The molecule has 0 amide bonds. The van der Waals surface area contributed by atoms with Crippen LogP contribution in [0.25, 0.3) is 22.0 Å². The summed E-state index contributed by atoms with van der Waals surface area (Å²) in [6.45, 7) is 3.95. The molecule has 0 bridgehead atoms. The SMILES string of the molecule is CC(C)n1cc(CO)c2cc(C(=O)Cc3ccc(OC#CI(F)F)cc3)cc(-c3cncnc3)c21. The smallest absolute Gasteiger partial charge is 0.244 e. The Morgan fingerprint density at radius 2 is 1.89 bits per heavy atom. The standard InChI is InChI=1S/C26H22F2IN3O3/c1-17(2)32-14-21(15-33)24-11-19(10-23(26(24)32)20-12-30-16-31-13-20)25(34)9-18-3-5-22(6-4-18)35-8-7-29(27)28/h3-6,10-14,16-17,33H,9,15H2,1-2H3. The third kappa shape index (κ3) is 5.66. The van der Waals surface area contributed by atoms with Gasteiger partial charge < -0.3 is 9.67 Å². The minimum atomic E-state index is -4.14. The Labute approximate surface area is 209 Å². The average molecular weight is 589 g/mol.